The molecule has 2 rings (SSSR count). The van der Waals surface area contributed by atoms with Crippen LogP contribution in [0.2, 0.25) is 0 Å². The fourth-order valence-electron chi connectivity index (χ4n) is 2.08. The van der Waals surface area contributed by atoms with Gasteiger partial charge in [0.15, 0.2) is 0 Å². The minimum absolute atomic E-state index is 0.713. The van der Waals surface area contributed by atoms with Crippen LogP contribution in [0, 0.1) is 11.3 Å². The Hall–Kier alpha value is -2.12. The monoisotopic (exact) mass is 254 g/mol. The van der Waals surface area contributed by atoms with Crippen molar-refractivity contribution in [3.05, 3.63) is 53.3 Å². The van der Waals surface area contributed by atoms with Crippen molar-refractivity contribution in [1.29, 1.82) is 5.26 Å². The minimum atomic E-state index is 0.713. The number of hydrogen-bond donors (Lipinski definition) is 0. The Morgan fingerprint density at radius 2 is 2.11 bits per heavy atom. The fourth-order valence-corrected chi connectivity index (χ4v) is 2.08. The summed E-state index contributed by atoms with van der Waals surface area (Å²) < 4.78 is 1.93. The van der Waals surface area contributed by atoms with E-state index in [0.717, 1.165) is 25.2 Å². The van der Waals surface area contributed by atoms with Crippen LogP contribution >= 0.6 is 0 Å². The summed E-state index contributed by atoms with van der Waals surface area (Å²) in [5.41, 5.74) is 3.08. The zero-order valence-corrected chi connectivity index (χ0v) is 11.4. The molecule has 0 atom stereocenters. The second-order valence-corrected chi connectivity index (χ2v) is 4.69. The van der Waals surface area contributed by atoms with Crippen molar-refractivity contribution in [3.63, 3.8) is 0 Å². The maximum atomic E-state index is 8.89. The minimum Gasteiger partial charge on any atom is -0.298 e. The topological polar surface area (TPSA) is 44.9 Å². The van der Waals surface area contributed by atoms with E-state index < -0.39 is 0 Å². The molecule has 0 saturated heterocycles. The van der Waals surface area contributed by atoms with Crippen molar-refractivity contribution in [1.82, 2.24) is 14.7 Å². The second-order valence-electron chi connectivity index (χ2n) is 4.69. The number of rotatable bonds is 5. The molecule has 0 unspecified atom stereocenters. The van der Waals surface area contributed by atoms with Crippen LogP contribution in [0.15, 0.2) is 36.7 Å². The quantitative estimate of drug-likeness (QED) is 0.823. The molecule has 0 spiro atoms. The van der Waals surface area contributed by atoms with E-state index in [2.05, 4.69) is 36.2 Å². The normalized spacial score (nSPS) is 10.6. The molecular formula is C15H18N4. The van der Waals surface area contributed by atoms with E-state index in [1.165, 1.54) is 5.56 Å². The Morgan fingerprint density at radius 3 is 2.79 bits per heavy atom. The molecule has 1 heterocycles. The van der Waals surface area contributed by atoms with Gasteiger partial charge in [-0.1, -0.05) is 12.1 Å². The Kier molecular flexibility index (Phi) is 4.32. The third-order valence-corrected chi connectivity index (χ3v) is 2.97. The Bertz CT molecular complexity index is 580. The fraction of sp³-hybridized carbons (Fsp3) is 0.333. The molecule has 0 fully saturated rings. The Morgan fingerprint density at radius 1 is 1.32 bits per heavy atom. The average molecular weight is 254 g/mol. The van der Waals surface area contributed by atoms with Gasteiger partial charge in [-0.25, -0.2) is 0 Å². The van der Waals surface area contributed by atoms with Crippen molar-refractivity contribution in [2.75, 3.05) is 7.05 Å². The molecule has 0 saturated carbocycles. The predicted octanol–water partition coefficient (Wildman–Crippen LogP) is 2.41. The maximum Gasteiger partial charge on any atom is 0.0991 e. The van der Waals surface area contributed by atoms with Crippen LogP contribution in [0.25, 0.3) is 0 Å². The number of benzene rings is 1. The van der Waals surface area contributed by atoms with Gasteiger partial charge in [0, 0.05) is 31.4 Å². The summed E-state index contributed by atoms with van der Waals surface area (Å²) in [5, 5.41) is 13.2. The van der Waals surface area contributed by atoms with E-state index in [4.69, 9.17) is 5.26 Å². The standard InChI is InChI=1S/C15H18N4/c1-3-19-12-15(9-17-19)11-18(2)10-14-6-4-5-13(7-14)8-16/h4-7,9,12H,3,10-11H2,1-2H3. The zero-order valence-electron chi connectivity index (χ0n) is 11.4. The molecule has 19 heavy (non-hydrogen) atoms. The summed E-state index contributed by atoms with van der Waals surface area (Å²) in [6.07, 6.45) is 3.98. The third-order valence-electron chi connectivity index (χ3n) is 2.97. The zero-order chi connectivity index (χ0) is 13.7. The molecule has 4 nitrogen and oxygen atoms in total. The largest absolute Gasteiger partial charge is 0.298 e. The highest BCUT2D eigenvalue weighted by molar-refractivity contribution is 5.32. The highest BCUT2D eigenvalue weighted by atomic mass is 15.3. The first-order valence-electron chi connectivity index (χ1n) is 6.40. The lowest BCUT2D eigenvalue weighted by Gasteiger charge is -2.15. The lowest BCUT2D eigenvalue weighted by atomic mass is 10.1. The molecule has 0 bridgehead atoms. The molecule has 1 aromatic heterocycles. The lowest BCUT2D eigenvalue weighted by Crippen LogP contribution is -2.16. The smallest absolute Gasteiger partial charge is 0.0991 e. The van der Waals surface area contributed by atoms with Crippen molar-refractivity contribution >= 4 is 0 Å². The van der Waals surface area contributed by atoms with Crippen LogP contribution in [-0.2, 0) is 19.6 Å². The first-order chi connectivity index (χ1) is 9.21. The van der Waals surface area contributed by atoms with Crippen LogP contribution in [0.1, 0.15) is 23.6 Å². The highest BCUT2D eigenvalue weighted by Gasteiger charge is 2.04. The van der Waals surface area contributed by atoms with Crippen LogP contribution in [-0.4, -0.2) is 21.7 Å². The van der Waals surface area contributed by atoms with Gasteiger partial charge in [-0.3, -0.25) is 9.58 Å². The summed E-state index contributed by atoms with van der Waals surface area (Å²) in [6.45, 7) is 4.66. The Labute approximate surface area is 113 Å². The van der Waals surface area contributed by atoms with Gasteiger partial charge in [0.2, 0.25) is 0 Å². The summed E-state index contributed by atoms with van der Waals surface area (Å²) in [5.74, 6) is 0. The molecule has 0 aliphatic carbocycles. The number of aromatic nitrogens is 2. The van der Waals surface area contributed by atoms with Gasteiger partial charge in [0.1, 0.15) is 0 Å². The summed E-state index contributed by atoms with van der Waals surface area (Å²) in [6, 6.07) is 9.91. The number of nitrogens with zero attached hydrogens (tertiary/aromatic N) is 4. The highest BCUT2D eigenvalue weighted by Crippen LogP contribution is 2.09. The van der Waals surface area contributed by atoms with Crippen molar-refractivity contribution in [3.8, 4) is 6.07 Å². The van der Waals surface area contributed by atoms with E-state index in [1.54, 1.807) is 0 Å². The molecular weight excluding hydrogens is 236 g/mol. The summed E-state index contributed by atoms with van der Waals surface area (Å²) in [7, 11) is 2.07. The molecule has 1 aromatic carbocycles. The first kappa shape index (κ1) is 13.3. The van der Waals surface area contributed by atoms with E-state index in [-0.39, 0.29) is 0 Å². The number of hydrogen-bond acceptors (Lipinski definition) is 3. The van der Waals surface area contributed by atoms with Gasteiger partial charge in [0.25, 0.3) is 0 Å². The van der Waals surface area contributed by atoms with Crippen LogP contribution in [0.3, 0.4) is 0 Å². The van der Waals surface area contributed by atoms with Gasteiger partial charge in [-0.2, -0.15) is 10.4 Å². The van der Waals surface area contributed by atoms with Gasteiger partial charge >= 0.3 is 0 Å². The average Bonchev–Trinajstić information content (AvgIpc) is 2.86. The summed E-state index contributed by atoms with van der Waals surface area (Å²) >= 11 is 0. The van der Waals surface area contributed by atoms with Crippen molar-refractivity contribution < 1.29 is 0 Å². The van der Waals surface area contributed by atoms with Gasteiger partial charge in [0.05, 0.1) is 17.8 Å². The molecule has 98 valence electrons. The van der Waals surface area contributed by atoms with E-state index in [9.17, 15) is 0 Å². The van der Waals surface area contributed by atoms with E-state index >= 15 is 0 Å². The molecule has 0 N–H and O–H groups in total. The van der Waals surface area contributed by atoms with Gasteiger partial charge in [-0.15, -0.1) is 0 Å². The van der Waals surface area contributed by atoms with Crippen LogP contribution < -0.4 is 0 Å². The maximum absolute atomic E-state index is 8.89. The number of aryl methyl sites for hydroxylation is 1. The van der Waals surface area contributed by atoms with Crippen LogP contribution in [0.5, 0.6) is 0 Å². The third kappa shape index (κ3) is 3.67. The molecule has 0 aliphatic heterocycles. The first-order valence-corrected chi connectivity index (χ1v) is 6.40. The Balaban J connectivity index is 1.97. The molecule has 0 aliphatic rings. The number of nitriles is 1. The van der Waals surface area contributed by atoms with E-state index in [1.807, 2.05) is 35.1 Å². The second kappa shape index (κ2) is 6.17. The SMILES string of the molecule is CCn1cc(CN(C)Cc2cccc(C#N)c2)cn1. The predicted molar refractivity (Wildman–Crippen MR) is 74.2 cm³/mol. The van der Waals surface area contributed by atoms with E-state index in [0.29, 0.717) is 5.56 Å². The molecule has 2 aromatic rings. The van der Waals surface area contributed by atoms with Gasteiger partial charge in [-0.05, 0) is 31.7 Å². The van der Waals surface area contributed by atoms with Gasteiger partial charge < -0.3 is 0 Å². The molecule has 0 amide bonds. The lowest BCUT2D eigenvalue weighted by molar-refractivity contribution is 0.319. The molecule has 4 heteroatoms. The van der Waals surface area contributed by atoms with Crippen LogP contribution in [0.4, 0.5) is 0 Å². The molecule has 0 radical (unpaired) electrons. The summed E-state index contributed by atoms with van der Waals surface area (Å²) in [4.78, 5) is 2.22. The van der Waals surface area contributed by atoms with Crippen molar-refractivity contribution in [2.24, 2.45) is 0 Å². The van der Waals surface area contributed by atoms with Crippen molar-refractivity contribution in [2.45, 2.75) is 26.6 Å².